The summed E-state index contributed by atoms with van der Waals surface area (Å²) in [5, 5.41) is 34.4. The van der Waals surface area contributed by atoms with Crippen LogP contribution in [0.15, 0.2) is 78.5 Å². The van der Waals surface area contributed by atoms with Gasteiger partial charge >= 0.3 is 11.9 Å². The van der Waals surface area contributed by atoms with Crippen LogP contribution in [0.1, 0.15) is 99.8 Å². The Bertz CT molecular complexity index is 1790. The van der Waals surface area contributed by atoms with Gasteiger partial charge in [-0.15, -0.1) is 5.73 Å². The van der Waals surface area contributed by atoms with Crippen molar-refractivity contribution in [2.24, 2.45) is 46.3 Å². The number of fused-ring (bicyclic) bond motifs is 7. The normalized spacial score (nSPS) is 43.9. The summed E-state index contributed by atoms with van der Waals surface area (Å²) < 4.78 is 30.5. The lowest BCUT2D eigenvalue weighted by molar-refractivity contribution is -0.315. The van der Waals surface area contributed by atoms with Gasteiger partial charge in [0.15, 0.2) is 18.2 Å². The Morgan fingerprint density at radius 1 is 0.875 bits per heavy atom. The highest BCUT2D eigenvalue weighted by Crippen LogP contribution is 2.70. The molecule has 6 fully saturated rings. The number of rotatable bonds is 8. The minimum absolute atomic E-state index is 0.00134. The Balaban J connectivity index is 0.947. The SMILES string of the molecule is CC=C=CC1(O)OC2CC3C4CCC5CC(OC6OC(COC(=O)c7ccccc7)C(O)C(OC(=O)c7ccccc7)C6O)CCC5(C)C4CCC3(C)C2C1C. The molecule has 6 aliphatic rings. The number of hydrogen-bond donors (Lipinski definition) is 3. The first kappa shape index (κ1) is 39.5. The Kier molecular flexibility index (Phi) is 10.9. The minimum Gasteiger partial charge on any atom is -0.459 e. The number of benzene rings is 2. The molecule has 10 heteroatoms. The predicted molar refractivity (Wildman–Crippen MR) is 206 cm³/mol. The Labute approximate surface area is 330 Å². The number of esters is 2. The van der Waals surface area contributed by atoms with Crippen molar-refractivity contribution in [3.05, 3.63) is 89.7 Å². The van der Waals surface area contributed by atoms with Crippen molar-refractivity contribution < 1.29 is 48.6 Å². The third-order valence-corrected chi connectivity index (χ3v) is 15.3. The molecule has 2 aromatic rings. The molecule has 0 bridgehead atoms. The van der Waals surface area contributed by atoms with Crippen molar-refractivity contribution in [3.8, 4) is 0 Å². The Hall–Kier alpha value is -3.34. The topological polar surface area (TPSA) is 141 Å². The number of carbonyl (C=O) groups excluding carboxylic acids is 2. The molecule has 0 amide bonds. The summed E-state index contributed by atoms with van der Waals surface area (Å²) in [4.78, 5) is 26.0. The highest BCUT2D eigenvalue weighted by Gasteiger charge is 2.68. The molecule has 4 saturated carbocycles. The molecule has 4 aliphatic carbocycles. The fourth-order valence-corrected chi connectivity index (χ4v) is 12.4. The molecule has 0 spiro atoms. The lowest BCUT2D eigenvalue weighted by atomic mass is 9.44. The third kappa shape index (κ3) is 6.89. The van der Waals surface area contributed by atoms with Crippen molar-refractivity contribution in [3.63, 3.8) is 0 Å². The molecule has 0 aromatic heterocycles. The largest absolute Gasteiger partial charge is 0.459 e. The van der Waals surface area contributed by atoms with Gasteiger partial charge in [-0.3, -0.25) is 0 Å². The second-order valence-electron chi connectivity index (χ2n) is 18.0. The molecule has 3 N–H and O–H groups in total. The molecule has 10 nitrogen and oxygen atoms in total. The number of hydrogen-bond acceptors (Lipinski definition) is 10. The van der Waals surface area contributed by atoms with Crippen molar-refractivity contribution in [1.82, 2.24) is 0 Å². The maximum absolute atomic E-state index is 13.2. The van der Waals surface area contributed by atoms with Crippen LogP contribution in [0, 0.1) is 46.3 Å². The zero-order chi connectivity index (χ0) is 39.4. The highest BCUT2D eigenvalue weighted by molar-refractivity contribution is 5.90. The van der Waals surface area contributed by atoms with E-state index in [9.17, 15) is 24.9 Å². The number of aliphatic hydroxyl groups excluding tert-OH is 2. The summed E-state index contributed by atoms with van der Waals surface area (Å²) >= 11 is 0. The quantitative estimate of drug-likeness (QED) is 0.152. The van der Waals surface area contributed by atoms with Crippen LogP contribution in [-0.4, -0.2) is 82.6 Å². The van der Waals surface area contributed by atoms with E-state index in [1.807, 2.05) is 13.0 Å². The van der Waals surface area contributed by atoms with Gasteiger partial charge in [-0.25, -0.2) is 9.59 Å². The summed E-state index contributed by atoms with van der Waals surface area (Å²) in [6.07, 6.45) is 4.80. The Morgan fingerprint density at radius 2 is 1.55 bits per heavy atom. The number of carbonyl (C=O) groups is 2. The third-order valence-electron chi connectivity index (χ3n) is 15.3. The van der Waals surface area contributed by atoms with Crippen LogP contribution in [0.4, 0.5) is 0 Å². The van der Waals surface area contributed by atoms with Gasteiger partial charge in [-0.2, -0.15) is 0 Å². The van der Waals surface area contributed by atoms with Crippen LogP contribution < -0.4 is 0 Å². The van der Waals surface area contributed by atoms with Crippen molar-refractivity contribution in [2.45, 2.75) is 128 Å². The average Bonchev–Trinajstić information content (AvgIpc) is 3.64. The van der Waals surface area contributed by atoms with E-state index in [4.69, 9.17) is 23.7 Å². The molecule has 16 atom stereocenters. The van der Waals surface area contributed by atoms with E-state index < -0.39 is 48.4 Å². The van der Waals surface area contributed by atoms with Gasteiger partial charge < -0.3 is 39.0 Å². The highest BCUT2D eigenvalue weighted by atomic mass is 16.7. The van der Waals surface area contributed by atoms with E-state index in [0.29, 0.717) is 35.2 Å². The minimum atomic E-state index is -1.48. The van der Waals surface area contributed by atoms with E-state index in [1.54, 1.807) is 66.7 Å². The molecule has 8 rings (SSSR count). The summed E-state index contributed by atoms with van der Waals surface area (Å²) in [6, 6.07) is 16.9. The zero-order valence-electron chi connectivity index (χ0n) is 33.0. The smallest absolute Gasteiger partial charge is 0.338 e. The van der Waals surface area contributed by atoms with Crippen molar-refractivity contribution in [2.75, 3.05) is 6.61 Å². The number of ether oxygens (including phenoxy) is 5. The second kappa shape index (κ2) is 15.4. The average molecular weight is 771 g/mol. The first-order valence-electron chi connectivity index (χ1n) is 20.8. The molecule has 2 heterocycles. The maximum Gasteiger partial charge on any atom is 0.338 e. The van der Waals surface area contributed by atoms with E-state index >= 15 is 0 Å². The van der Waals surface area contributed by atoms with Crippen LogP contribution in [0.5, 0.6) is 0 Å². The maximum atomic E-state index is 13.2. The monoisotopic (exact) mass is 770 g/mol. The molecule has 56 heavy (non-hydrogen) atoms. The van der Waals surface area contributed by atoms with Gasteiger partial charge in [0.25, 0.3) is 0 Å². The lowest BCUT2D eigenvalue weighted by Gasteiger charge is -2.61. The Morgan fingerprint density at radius 3 is 2.25 bits per heavy atom. The van der Waals surface area contributed by atoms with Gasteiger partial charge in [0.05, 0.1) is 23.3 Å². The molecule has 16 unspecified atom stereocenters. The van der Waals surface area contributed by atoms with Crippen LogP contribution >= 0.6 is 0 Å². The molecule has 0 radical (unpaired) electrons. The zero-order valence-corrected chi connectivity index (χ0v) is 33.0. The first-order valence-corrected chi connectivity index (χ1v) is 20.8. The van der Waals surface area contributed by atoms with Crippen LogP contribution in [-0.2, 0) is 23.7 Å². The van der Waals surface area contributed by atoms with E-state index in [-0.39, 0.29) is 41.1 Å². The standard InChI is InChI=1S/C46H58O10/c1-5-6-21-46(51)27(2)37-35(56-46)25-34-32-18-17-30-24-31(19-22-44(30,3)33(32)20-23-45(34,37)4)53-43-39(48)40(55-42(50)29-15-11-8-12-16-29)38(47)36(54-43)26-52-41(49)28-13-9-7-10-14-28/h5,7-16,21,27,30-40,43,47-48,51H,17-20,22-26H2,1-4H3. The van der Waals surface area contributed by atoms with Crippen molar-refractivity contribution >= 4 is 11.9 Å². The van der Waals surface area contributed by atoms with Crippen LogP contribution in [0.3, 0.4) is 0 Å². The van der Waals surface area contributed by atoms with E-state index in [2.05, 4.69) is 26.5 Å². The van der Waals surface area contributed by atoms with E-state index in [0.717, 1.165) is 51.4 Å². The van der Waals surface area contributed by atoms with E-state index in [1.165, 1.54) is 0 Å². The van der Waals surface area contributed by atoms with Gasteiger partial charge in [-0.1, -0.05) is 57.2 Å². The summed E-state index contributed by atoms with van der Waals surface area (Å²) in [5.41, 5.74) is 3.97. The molecule has 302 valence electrons. The lowest BCUT2D eigenvalue weighted by Crippen LogP contribution is -2.61. The van der Waals surface area contributed by atoms with Crippen molar-refractivity contribution in [1.29, 1.82) is 0 Å². The van der Waals surface area contributed by atoms with Gasteiger partial charge in [0.1, 0.15) is 24.9 Å². The molecular formula is C46H58O10. The van der Waals surface area contributed by atoms with Gasteiger partial charge in [-0.05, 0) is 129 Å². The fraction of sp³-hybridized carbons (Fsp3) is 0.630. The molecule has 2 aliphatic heterocycles. The first-order chi connectivity index (χ1) is 26.9. The number of aliphatic hydroxyl groups is 3. The van der Waals surface area contributed by atoms with Crippen LogP contribution in [0.2, 0.25) is 0 Å². The molecule has 2 saturated heterocycles. The predicted octanol–water partition coefficient (Wildman–Crippen LogP) is 6.62. The fourth-order valence-electron chi connectivity index (χ4n) is 12.4. The summed E-state index contributed by atoms with van der Waals surface area (Å²) in [7, 11) is 0. The second-order valence-corrected chi connectivity index (χ2v) is 18.0. The van der Waals surface area contributed by atoms with Crippen LogP contribution in [0.25, 0.3) is 0 Å². The summed E-state index contributed by atoms with van der Waals surface area (Å²) in [5.74, 6) is -0.0492. The molecule has 2 aromatic carbocycles. The van der Waals surface area contributed by atoms with Gasteiger partial charge in [0.2, 0.25) is 0 Å². The molecular weight excluding hydrogens is 712 g/mol. The summed E-state index contributed by atoms with van der Waals surface area (Å²) in [6.45, 7) is 8.68. The van der Waals surface area contributed by atoms with Gasteiger partial charge in [0, 0.05) is 12.0 Å².